The quantitative estimate of drug-likeness (QED) is 0.598. The average Bonchev–Trinajstić information content (AvgIpc) is 2.16. The maximum Gasteiger partial charge on any atom is 0.251 e. The molecule has 3 heteroatoms. The first-order chi connectivity index (χ1) is 7.50. The number of allylic oxidation sites excluding steroid dienone is 1. The van der Waals surface area contributed by atoms with Gasteiger partial charge < -0.3 is 5.32 Å². The Balaban J connectivity index is 2.70. The molecule has 0 saturated carbocycles. The zero-order valence-electron chi connectivity index (χ0n) is 10.0. The number of hydrogen-bond acceptors (Lipinski definition) is 1. The van der Waals surface area contributed by atoms with Gasteiger partial charge in [-0.15, -0.1) is 0 Å². The molecule has 2 radical (unpaired) electrons. The van der Waals surface area contributed by atoms with E-state index in [0.717, 1.165) is 5.56 Å². The summed E-state index contributed by atoms with van der Waals surface area (Å²) in [6.07, 6.45) is 1.98. The van der Waals surface area contributed by atoms with Gasteiger partial charge in [0.25, 0.3) is 5.91 Å². The molecule has 0 fully saturated rings. The Kier molecular flexibility index (Phi) is 4.35. The summed E-state index contributed by atoms with van der Waals surface area (Å²) in [6.45, 7) is 6.44. The van der Waals surface area contributed by atoms with Crippen LogP contribution in [0.2, 0.25) is 0 Å². The minimum atomic E-state index is -0.0602. The number of carbonyl (C=O) groups is 1. The van der Waals surface area contributed by atoms with Crippen LogP contribution >= 0.6 is 0 Å². The van der Waals surface area contributed by atoms with Gasteiger partial charge in [0, 0.05) is 12.1 Å². The number of nitrogens with one attached hydrogen (secondary N) is 1. The molecular formula is C13H16BNO. The smallest absolute Gasteiger partial charge is 0.251 e. The fraction of sp³-hybridized carbons (Fsp3) is 0.308. The Labute approximate surface area is 98.2 Å². The number of hydrogen-bond donors (Lipinski definition) is 1. The van der Waals surface area contributed by atoms with E-state index in [1.807, 2.05) is 26.8 Å². The SMILES string of the molecule is [B]c1ccc(C(=O)NCC=C(C)C)c(C)c1. The van der Waals surface area contributed by atoms with Crippen molar-refractivity contribution in [1.29, 1.82) is 0 Å². The molecule has 1 N–H and O–H groups in total. The molecule has 1 amide bonds. The van der Waals surface area contributed by atoms with E-state index in [9.17, 15) is 4.79 Å². The highest BCUT2D eigenvalue weighted by Gasteiger charge is 2.06. The van der Waals surface area contributed by atoms with Crippen molar-refractivity contribution < 1.29 is 4.79 Å². The molecule has 82 valence electrons. The Morgan fingerprint density at radius 2 is 2.12 bits per heavy atom. The van der Waals surface area contributed by atoms with E-state index >= 15 is 0 Å². The summed E-state index contributed by atoms with van der Waals surface area (Å²) in [5.74, 6) is -0.0602. The monoisotopic (exact) mass is 213 g/mol. The van der Waals surface area contributed by atoms with Crippen molar-refractivity contribution in [3.05, 3.63) is 41.0 Å². The third-order valence-electron chi connectivity index (χ3n) is 2.27. The van der Waals surface area contributed by atoms with Gasteiger partial charge in [-0.3, -0.25) is 4.79 Å². The largest absolute Gasteiger partial charge is 0.349 e. The van der Waals surface area contributed by atoms with Crippen LogP contribution in [0.4, 0.5) is 0 Å². The molecule has 1 aromatic carbocycles. The predicted octanol–water partition coefficient (Wildman–Crippen LogP) is 1.48. The van der Waals surface area contributed by atoms with Crippen LogP contribution in [0.1, 0.15) is 29.8 Å². The Morgan fingerprint density at radius 1 is 1.44 bits per heavy atom. The van der Waals surface area contributed by atoms with E-state index in [0.29, 0.717) is 17.6 Å². The van der Waals surface area contributed by atoms with Crippen molar-refractivity contribution in [3.8, 4) is 0 Å². The van der Waals surface area contributed by atoms with Crippen molar-refractivity contribution in [2.75, 3.05) is 6.54 Å². The standard InChI is InChI=1S/C13H16BNO/c1-9(2)6-7-15-13(16)12-5-4-11(14)8-10(12)3/h4-6,8H,7H2,1-3H3,(H,15,16). The van der Waals surface area contributed by atoms with E-state index in [2.05, 4.69) is 5.32 Å². The lowest BCUT2D eigenvalue weighted by Gasteiger charge is -2.07. The molecule has 0 saturated heterocycles. The van der Waals surface area contributed by atoms with Gasteiger partial charge in [-0.25, -0.2) is 0 Å². The highest BCUT2D eigenvalue weighted by Crippen LogP contribution is 2.04. The fourth-order valence-corrected chi connectivity index (χ4v) is 1.38. The van der Waals surface area contributed by atoms with Gasteiger partial charge in [-0.2, -0.15) is 0 Å². The zero-order chi connectivity index (χ0) is 12.1. The molecule has 0 aliphatic heterocycles. The number of amides is 1. The molecule has 0 aliphatic carbocycles. The van der Waals surface area contributed by atoms with Gasteiger partial charge in [0.05, 0.1) is 0 Å². The van der Waals surface area contributed by atoms with Crippen LogP contribution in [0.25, 0.3) is 0 Å². The third kappa shape index (κ3) is 3.57. The van der Waals surface area contributed by atoms with E-state index < -0.39 is 0 Å². The van der Waals surface area contributed by atoms with Crippen molar-refractivity contribution in [2.24, 2.45) is 0 Å². The van der Waals surface area contributed by atoms with Crippen LogP contribution in [0.5, 0.6) is 0 Å². The molecular weight excluding hydrogens is 197 g/mol. The van der Waals surface area contributed by atoms with Crippen molar-refractivity contribution >= 4 is 19.2 Å². The second kappa shape index (κ2) is 5.54. The minimum absolute atomic E-state index is 0.0602. The van der Waals surface area contributed by atoms with Crippen LogP contribution in [-0.2, 0) is 0 Å². The van der Waals surface area contributed by atoms with E-state index in [4.69, 9.17) is 7.85 Å². The van der Waals surface area contributed by atoms with Gasteiger partial charge in [0.2, 0.25) is 0 Å². The summed E-state index contributed by atoms with van der Waals surface area (Å²) in [5.41, 5.74) is 3.44. The highest BCUT2D eigenvalue weighted by atomic mass is 16.1. The molecule has 0 unspecified atom stereocenters. The number of aryl methyl sites for hydroxylation is 1. The first kappa shape index (κ1) is 12.6. The molecule has 0 aliphatic rings. The summed E-state index contributed by atoms with van der Waals surface area (Å²) in [6, 6.07) is 5.29. The maximum absolute atomic E-state index is 11.8. The first-order valence-electron chi connectivity index (χ1n) is 5.28. The molecule has 0 spiro atoms. The lowest BCUT2D eigenvalue weighted by atomic mass is 9.92. The predicted molar refractivity (Wildman–Crippen MR) is 68.3 cm³/mol. The highest BCUT2D eigenvalue weighted by molar-refractivity contribution is 6.32. The Bertz CT molecular complexity index is 420. The third-order valence-corrected chi connectivity index (χ3v) is 2.27. The van der Waals surface area contributed by atoms with Crippen LogP contribution in [-0.4, -0.2) is 20.3 Å². The van der Waals surface area contributed by atoms with Crippen LogP contribution in [0, 0.1) is 6.92 Å². The van der Waals surface area contributed by atoms with Crippen molar-refractivity contribution in [1.82, 2.24) is 5.32 Å². The zero-order valence-corrected chi connectivity index (χ0v) is 10.0. The first-order valence-corrected chi connectivity index (χ1v) is 5.28. The minimum Gasteiger partial charge on any atom is -0.349 e. The second-order valence-electron chi connectivity index (χ2n) is 4.07. The molecule has 1 aromatic rings. The van der Waals surface area contributed by atoms with Crippen molar-refractivity contribution in [3.63, 3.8) is 0 Å². The van der Waals surface area contributed by atoms with Gasteiger partial charge in [0.15, 0.2) is 0 Å². The van der Waals surface area contributed by atoms with E-state index in [1.165, 1.54) is 5.57 Å². The lowest BCUT2D eigenvalue weighted by molar-refractivity contribution is 0.0957. The molecule has 16 heavy (non-hydrogen) atoms. The molecule has 1 rings (SSSR count). The molecule has 0 bridgehead atoms. The van der Waals surface area contributed by atoms with Gasteiger partial charge >= 0.3 is 0 Å². The molecule has 2 nitrogen and oxygen atoms in total. The fourth-order valence-electron chi connectivity index (χ4n) is 1.38. The van der Waals surface area contributed by atoms with Gasteiger partial charge in [-0.05, 0) is 32.4 Å². The Morgan fingerprint density at radius 3 is 2.69 bits per heavy atom. The second-order valence-corrected chi connectivity index (χ2v) is 4.07. The summed E-state index contributed by atoms with van der Waals surface area (Å²) in [5, 5.41) is 2.83. The molecule has 0 heterocycles. The van der Waals surface area contributed by atoms with Crippen LogP contribution in [0.15, 0.2) is 29.8 Å². The summed E-state index contributed by atoms with van der Waals surface area (Å²) < 4.78 is 0. The van der Waals surface area contributed by atoms with Crippen molar-refractivity contribution in [2.45, 2.75) is 20.8 Å². The molecule has 0 aromatic heterocycles. The van der Waals surface area contributed by atoms with Gasteiger partial charge in [0.1, 0.15) is 7.85 Å². The average molecular weight is 213 g/mol. The van der Waals surface area contributed by atoms with Crippen LogP contribution < -0.4 is 10.8 Å². The Hall–Kier alpha value is -1.51. The number of rotatable bonds is 3. The van der Waals surface area contributed by atoms with Crippen LogP contribution in [0.3, 0.4) is 0 Å². The summed E-state index contributed by atoms with van der Waals surface area (Å²) in [7, 11) is 5.63. The topological polar surface area (TPSA) is 29.1 Å². The summed E-state index contributed by atoms with van der Waals surface area (Å²) in [4.78, 5) is 11.8. The number of benzene rings is 1. The number of carbonyl (C=O) groups excluding carboxylic acids is 1. The van der Waals surface area contributed by atoms with E-state index in [-0.39, 0.29) is 5.91 Å². The van der Waals surface area contributed by atoms with Gasteiger partial charge in [-0.1, -0.05) is 29.2 Å². The lowest BCUT2D eigenvalue weighted by Crippen LogP contribution is -2.25. The maximum atomic E-state index is 11.8. The normalized spacial score (nSPS) is 9.69. The summed E-state index contributed by atoms with van der Waals surface area (Å²) >= 11 is 0. The van der Waals surface area contributed by atoms with E-state index in [1.54, 1.807) is 18.2 Å². The molecule has 0 atom stereocenters.